The smallest absolute Gasteiger partial charge is 0.407 e. The van der Waals surface area contributed by atoms with Gasteiger partial charge in [0.15, 0.2) is 0 Å². The lowest BCUT2D eigenvalue weighted by Crippen LogP contribution is -2.42. The molecule has 0 aliphatic carbocycles. The van der Waals surface area contributed by atoms with Gasteiger partial charge in [0.2, 0.25) is 0 Å². The molecular weight excluding hydrogens is 318 g/mol. The normalized spacial score (nSPS) is 12.7. The molecule has 1 aromatic rings. The average Bonchev–Trinajstić information content (AvgIpc) is 2.89. The van der Waals surface area contributed by atoms with E-state index in [0.717, 1.165) is 29.7 Å². The zero-order valence-electron chi connectivity index (χ0n) is 14.0. The number of ether oxygens (including phenoxy) is 1. The summed E-state index contributed by atoms with van der Waals surface area (Å²) in [5.41, 5.74) is 0.355. The summed E-state index contributed by atoms with van der Waals surface area (Å²) in [6.07, 6.45) is 1.42. The second-order valence-corrected chi connectivity index (χ2v) is 7.19. The third kappa shape index (κ3) is 7.94. The maximum absolute atomic E-state index is 11.7. The molecule has 0 fully saturated rings. The molecule has 1 rings (SSSR count). The fourth-order valence-corrected chi connectivity index (χ4v) is 2.69. The Hall–Kier alpha value is -1.67. The van der Waals surface area contributed by atoms with Crippen molar-refractivity contribution in [3.63, 3.8) is 0 Å². The van der Waals surface area contributed by atoms with Gasteiger partial charge in [-0.05, 0) is 32.8 Å². The van der Waals surface area contributed by atoms with Crippen LogP contribution in [0.3, 0.4) is 0 Å². The highest BCUT2D eigenvalue weighted by atomic mass is 32.1. The Morgan fingerprint density at radius 1 is 1.48 bits per heavy atom. The maximum atomic E-state index is 11.7. The molecular formula is C15H25N3O4S. The number of amides is 1. The van der Waals surface area contributed by atoms with E-state index in [4.69, 9.17) is 4.74 Å². The lowest BCUT2D eigenvalue weighted by molar-refractivity contribution is -0.380. The van der Waals surface area contributed by atoms with Crippen LogP contribution in [0, 0.1) is 10.1 Å². The molecule has 0 saturated heterocycles. The summed E-state index contributed by atoms with van der Waals surface area (Å²) >= 11 is 1.12. The van der Waals surface area contributed by atoms with Crippen LogP contribution >= 0.6 is 11.3 Å². The van der Waals surface area contributed by atoms with Crippen molar-refractivity contribution in [2.24, 2.45) is 0 Å². The molecule has 0 radical (unpaired) electrons. The molecule has 0 saturated carbocycles. The molecule has 0 aromatic carbocycles. The van der Waals surface area contributed by atoms with E-state index in [2.05, 4.69) is 17.6 Å². The average molecular weight is 343 g/mol. The van der Waals surface area contributed by atoms with E-state index < -0.39 is 11.7 Å². The summed E-state index contributed by atoms with van der Waals surface area (Å²) in [4.78, 5) is 22.0. The molecule has 7 nitrogen and oxygen atoms in total. The molecule has 130 valence electrons. The maximum Gasteiger partial charge on any atom is 0.407 e. The Kier molecular flexibility index (Phi) is 7.44. The van der Waals surface area contributed by atoms with Crippen molar-refractivity contribution in [3.05, 3.63) is 27.1 Å². The molecule has 0 aliphatic rings. The molecule has 1 amide bonds. The summed E-state index contributed by atoms with van der Waals surface area (Å²) in [6.45, 7) is 8.51. The fourth-order valence-electron chi connectivity index (χ4n) is 1.96. The number of nitrogens with one attached hydrogen (secondary N) is 2. The van der Waals surface area contributed by atoms with Crippen LogP contribution in [0.15, 0.2) is 11.4 Å². The number of carbonyl (C=O) groups excluding carboxylic acids is 1. The van der Waals surface area contributed by atoms with Gasteiger partial charge < -0.3 is 15.4 Å². The highest BCUT2D eigenvalue weighted by Crippen LogP contribution is 2.22. The first-order valence-electron chi connectivity index (χ1n) is 7.63. The van der Waals surface area contributed by atoms with Gasteiger partial charge in [0.1, 0.15) is 5.60 Å². The molecule has 1 aromatic heterocycles. The lowest BCUT2D eigenvalue weighted by atomic mass is 10.1. The van der Waals surface area contributed by atoms with Crippen molar-refractivity contribution in [1.82, 2.24) is 10.6 Å². The van der Waals surface area contributed by atoms with Gasteiger partial charge in [-0.25, -0.2) is 4.79 Å². The minimum atomic E-state index is -0.520. The number of alkyl carbamates (subject to hydrolysis) is 1. The largest absolute Gasteiger partial charge is 0.444 e. The van der Waals surface area contributed by atoms with E-state index in [1.807, 2.05) is 20.8 Å². The van der Waals surface area contributed by atoms with Gasteiger partial charge in [0.25, 0.3) is 0 Å². The van der Waals surface area contributed by atoms with Crippen molar-refractivity contribution in [2.75, 3.05) is 6.54 Å². The number of thiophene rings is 1. The van der Waals surface area contributed by atoms with E-state index in [0.29, 0.717) is 13.1 Å². The van der Waals surface area contributed by atoms with Crippen LogP contribution in [-0.2, 0) is 11.3 Å². The molecule has 0 aliphatic heterocycles. The van der Waals surface area contributed by atoms with E-state index in [-0.39, 0.29) is 16.0 Å². The molecule has 1 heterocycles. The van der Waals surface area contributed by atoms with Crippen LogP contribution in [0.1, 0.15) is 46.1 Å². The number of nitrogens with zero attached hydrogens (tertiary/aromatic N) is 1. The van der Waals surface area contributed by atoms with Gasteiger partial charge in [-0.1, -0.05) is 24.7 Å². The van der Waals surface area contributed by atoms with E-state index in [1.54, 1.807) is 11.4 Å². The standard InChI is InChI=1S/C15H25N3O4S/c1-5-6-12(9-17-14(19)22-15(2,3)4)16-8-11-7-13(18(20)21)23-10-11/h7,10,12,16H,5-6,8-9H2,1-4H3,(H,17,19). The third-order valence-corrected chi connectivity index (χ3v) is 3.87. The van der Waals surface area contributed by atoms with Gasteiger partial charge in [-0.2, -0.15) is 0 Å². The van der Waals surface area contributed by atoms with Gasteiger partial charge >= 0.3 is 11.1 Å². The Bertz CT molecular complexity index is 525. The van der Waals surface area contributed by atoms with Gasteiger partial charge in [-0.3, -0.25) is 10.1 Å². The molecule has 0 bridgehead atoms. The molecule has 0 spiro atoms. The molecule has 2 N–H and O–H groups in total. The number of rotatable bonds is 8. The highest BCUT2D eigenvalue weighted by Gasteiger charge is 2.17. The van der Waals surface area contributed by atoms with E-state index in [1.165, 1.54) is 0 Å². The molecule has 23 heavy (non-hydrogen) atoms. The second-order valence-electron chi connectivity index (χ2n) is 6.30. The SMILES string of the molecule is CCCC(CNC(=O)OC(C)(C)C)NCc1csc([N+](=O)[O-])c1. The third-order valence-electron chi connectivity index (χ3n) is 2.94. The van der Waals surface area contributed by atoms with Crippen LogP contribution in [0.25, 0.3) is 0 Å². The second kappa shape index (κ2) is 8.83. The predicted octanol–water partition coefficient (Wildman–Crippen LogP) is 3.44. The quantitative estimate of drug-likeness (QED) is 0.557. The first-order chi connectivity index (χ1) is 10.7. The van der Waals surface area contributed by atoms with Crippen molar-refractivity contribution in [3.8, 4) is 0 Å². The Morgan fingerprint density at radius 3 is 2.70 bits per heavy atom. The summed E-state index contributed by atoms with van der Waals surface area (Å²) < 4.78 is 5.21. The highest BCUT2D eigenvalue weighted by molar-refractivity contribution is 7.13. The molecule has 1 unspecified atom stereocenters. The monoisotopic (exact) mass is 343 g/mol. The fraction of sp³-hybridized carbons (Fsp3) is 0.667. The van der Waals surface area contributed by atoms with Crippen molar-refractivity contribution < 1.29 is 14.5 Å². The topological polar surface area (TPSA) is 93.5 Å². The summed E-state index contributed by atoms with van der Waals surface area (Å²) in [5.74, 6) is 0. The predicted molar refractivity (Wildman–Crippen MR) is 90.7 cm³/mol. The van der Waals surface area contributed by atoms with E-state index >= 15 is 0 Å². The number of nitro groups is 1. The Labute approximate surface area is 140 Å². The zero-order chi connectivity index (χ0) is 17.5. The van der Waals surface area contributed by atoms with Crippen LogP contribution in [0.2, 0.25) is 0 Å². The summed E-state index contributed by atoms with van der Waals surface area (Å²) in [6, 6.07) is 1.66. The van der Waals surface area contributed by atoms with Gasteiger partial charge in [-0.15, -0.1) is 0 Å². The van der Waals surface area contributed by atoms with Crippen molar-refractivity contribution in [1.29, 1.82) is 0 Å². The Balaban J connectivity index is 2.44. The Morgan fingerprint density at radius 2 is 2.17 bits per heavy atom. The van der Waals surface area contributed by atoms with Gasteiger partial charge in [0, 0.05) is 30.6 Å². The number of hydrogen-bond acceptors (Lipinski definition) is 6. The lowest BCUT2D eigenvalue weighted by Gasteiger charge is -2.22. The molecule has 1 atom stereocenters. The summed E-state index contributed by atoms with van der Waals surface area (Å²) in [5, 5.41) is 18.7. The first kappa shape index (κ1) is 19.4. The first-order valence-corrected chi connectivity index (χ1v) is 8.51. The zero-order valence-corrected chi connectivity index (χ0v) is 14.9. The number of hydrogen-bond donors (Lipinski definition) is 2. The van der Waals surface area contributed by atoms with Crippen LogP contribution < -0.4 is 10.6 Å². The van der Waals surface area contributed by atoms with Crippen LogP contribution in [0.4, 0.5) is 9.80 Å². The van der Waals surface area contributed by atoms with Crippen LogP contribution in [0.5, 0.6) is 0 Å². The minimum Gasteiger partial charge on any atom is -0.444 e. The van der Waals surface area contributed by atoms with E-state index in [9.17, 15) is 14.9 Å². The van der Waals surface area contributed by atoms with Crippen molar-refractivity contribution >= 4 is 22.4 Å². The number of carbonyl (C=O) groups is 1. The minimum absolute atomic E-state index is 0.0893. The summed E-state index contributed by atoms with van der Waals surface area (Å²) in [7, 11) is 0. The van der Waals surface area contributed by atoms with Gasteiger partial charge in [0.05, 0.1) is 4.92 Å². The van der Waals surface area contributed by atoms with Crippen LogP contribution in [-0.4, -0.2) is 29.2 Å². The molecule has 8 heteroatoms. The van der Waals surface area contributed by atoms with Crippen molar-refractivity contribution in [2.45, 2.75) is 58.7 Å².